The summed E-state index contributed by atoms with van der Waals surface area (Å²) in [6.45, 7) is 3.99. The van der Waals surface area contributed by atoms with Crippen LogP contribution in [0.25, 0.3) is 0 Å². The average molecular weight is 439 g/mol. The Bertz CT molecular complexity index is 954. The minimum Gasteiger partial charge on any atom is -0.497 e. The molecule has 11 heteroatoms. The molecule has 30 heavy (non-hydrogen) atoms. The van der Waals surface area contributed by atoms with E-state index in [2.05, 4.69) is 14.6 Å². The van der Waals surface area contributed by atoms with Crippen molar-refractivity contribution in [3.63, 3.8) is 0 Å². The minimum atomic E-state index is -4.07. The molecule has 2 aliphatic rings. The van der Waals surface area contributed by atoms with Crippen molar-refractivity contribution in [1.29, 1.82) is 0 Å². The first kappa shape index (κ1) is 22.1. The van der Waals surface area contributed by atoms with E-state index >= 15 is 0 Å². The van der Waals surface area contributed by atoms with E-state index in [1.807, 2.05) is 0 Å². The lowest BCUT2D eigenvalue weighted by molar-refractivity contribution is -0.118. The van der Waals surface area contributed by atoms with Crippen LogP contribution in [0.4, 0.5) is 0 Å². The van der Waals surface area contributed by atoms with Crippen molar-refractivity contribution in [2.24, 2.45) is 4.40 Å². The molecule has 1 aromatic carbocycles. The summed E-state index contributed by atoms with van der Waals surface area (Å²) in [5.41, 5.74) is 0.487. The first-order valence-corrected chi connectivity index (χ1v) is 10.9. The van der Waals surface area contributed by atoms with Crippen LogP contribution in [-0.4, -0.2) is 89.9 Å². The molecule has 10 nitrogen and oxygen atoms in total. The lowest BCUT2D eigenvalue weighted by atomic mass is 10.1. The second-order valence-electron chi connectivity index (χ2n) is 6.73. The number of likely N-dealkylation sites (N-methyl/N-ethyl adjacent to an activating group) is 1. The summed E-state index contributed by atoms with van der Waals surface area (Å²) in [5.74, 6) is 0.427. The van der Waals surface area contributed by atoms with E-state index in [4.69, 9.17) is 14.2 Å². The van der Waals surface area contributed by atoms with Gasteiger partial charge in [0, 0.05) is 38.8 Å². The van der Waals surface area contributed by atoms with Crippen LogP contribution >= 0.6 is 0 Å². The van der Waals surface area contributed by atoms with Crippen LogP contribution in [0, 0.1) is 0 Å². The third-order valence-corrected chi connectivity index (χ3v) is 6.22. The number of morpholine rings is 1. The highest BCUT2D eigenvalue weighted by Gasteiger charge is 2.31. The van der Waals surface area contributed by atoms with Crippen LogP contribution < -0.4 is 14.8 Å². The van der Waals surface area contributed by atoms with Gasteiger partial charge >= 0.3 is 10.2 Å². The van der Waals surface area contributed by atoms with Gasteiger partial charge in [-0.05, 0) is 24.3 Å². The molecule has 3 rings (SSSR count). The molecule has 0 radical (unpaired) electrons. The van der Waals surface area contributed by atoms with Crippen LogP contribution in [-0.2, 0) is 19.7 Å². The molecule has 2 aliphatic heterocycles. The summed E-state index contributed by atoms with van der Waals surface area (Å²) in [6.07, 6.45) is 1.43. The van der Waals surface area contributed by atoms with Crippen LogP contribution in [0.2, 0.25) is 0 Å². The SMILES string of the molecule is COc1ccc(OC)c(C2=NS(=O)(=O)N(C)C(C(=O)NCCN3CCOCC3)=C2)c1. The minimum absolute atomic E-state index is 0.0214. The van der Waals surface area contributed by atoms with Crippen LogP contribution in [0.5, 0.6) is 11.5 Å². The standard InChI is InChI=1S/C19H26N4O6S/c1-22-17(19(24)20-6-7-23-8-10-29-11-9-23)13-16(21-30(22,25)26)15-12-14(27-2)4-5-18(15)28-3/h4-5,12-13H,6-11H2,1-3H3,(H,20,24). The summed E-state index contributed by atoms with van der Waals surface area (Å²) < 4.78 is 45.7. The molecule has 0 aliphatic carbocycles. The highest BCUT2D eigenvalue weighted by atomic mass is 32.2. The number of nitrogens with one attached hydrogen (secondary N) is 1. The Labute approximate surface area is 176 Å². The second kappa shape index (κ2) is 9.45. The highest BCUT2D eigenvalue weighted by molar-refractivity contribution is 7.88. The van der Waals surface area contributed by atoms with E-state index in [0.717, 1.165) is 17.4 Å². The fraction of sp³-hybridized carbons (Fsp3) is 0.474. The zero-order valence-electron chi connectivity index (χ0n) is 17.3. The van der Waals surface area contributed by atoms with Gasteiger partial charge in [-0.3, -0.25) is 9.69 Å². The number of methoxy groups -OCH3 is 2. The number of benzene rings is 1. The van der Waals surface area contributed by atoms with Gasteiger partial charge in [-0.15, -0.1) is 4.40 Å². The summed E-state index contributed by atoms with van der Waals surface area (Å²) in [4.78, 5) is 14.9. The number of ether oxygens (including phenoxy) is 3. The number of carbonyl (C=O) groups is 1. The molecule has 1 amide bonds. The summed E-state index contributed by atoms with van der Waals surface area (Å²) in [7, 11) is 0.196. The van der Waals surface area contributed by atoms with E-state index in [9.17, 15) is 13.2 Å². The summed E-state index contributed by atoms with van der Waals surface area (Å²) in [5, 5.41) is 2.78. The zero-order valence-corrected chi connectivity index (χ0v) is 18.1. The third kappa shape index (κ3) is 4.91. The Morgan fingerprint density at radius 2 is 1.97 bits per heavy atom. The van der Waals surface area contributed by atoms with Gasteiger partial charge in [0.15, 0.2) is 0 Å². The monoisotopic (exact) mass is 438 g/mol. The van der Waals surface area contributed by atoms with Crippen molar-refractivity contribution in [2.45, 2.75) is 0 Å². The molecule has 0 unspecified atom stereocenters. The number of amides is 1. The predicted molar refractivity (Wildman–Crippen MR) is 111 cm³/mol. The number of hydrogen-bond acceptors (Lipinski definition) is 7. The van der Waals surface area contributed by atoms with E-state index in [1.165, 1.54) is 27.3 Å². The van der Waals surface area contributed by atoms with Gasteiger partial charge in [0.05, 0.1) is 33.1 Å². The molecule has 1 saturated heterocycles. The molecule has 0 saturated carbocycles. The molecule has 0 aromatic heterocycles. The van der Waals surface area contributed by atoms with Crippen molar-refractivity contribution in [1.82, 2.24) is 14.5 Å². The number of nitrogens with zero attached hydrogens (tertiary/aromatic N) is 3. The van der Waals surface area contributed by atoms with Crippen molar-refractivity contribution < 1.29 is 27.4 Å². The lowest BCUT2D eigenvalue weighted by Gasteiger charge is -2.27. The molecular weight excluding hydrogens is 412 g/mol. The lowest BCUT2D eigenvalue weighted by Crippen LogP contribution is -2.43. The number of carbonyl (C=O) groups excluding carboxylic acids is 1. The first-order chi connectivity index (χ1) is 14.4. The maximum Gasteiger partial charge on any atom is 0.345 e. The quantitative estimate of drug-likeness (QED) is 0.639. The van der Waals surface area contributed by atoms with Crippen LogP contribution in [0.15, 0.2) is 34.4 Å². The Hall–Kier alpha value is -2.63. The predicted octanol–water partition coefficient (Wildman–Crippen LogP) is 0.0154. The molecule has 2 heterocycles. The molecule has 1 aromatic rings. The fourth-order valence-electron chi connectivity index (χ4n) is 3.15. The molecule has 1 fully saturated rings. The first-order valence-electron chi connectivity index (χ1n) is 9.47. The van der Waals surface area contributed by atoms with Crippen molar-refractivity contribution >= 4 is 21.8 Å². The Morgan fingerprint density at radius 3 is 2.63 bits per heavy atom. The topological polar surface area (TPSA) is 110 Å². The van der Waals surface area contributed by atoms with E-state index in [0.29, 0.717) is 43.4 Å². The Morgan fingerprint density at radius 1 is 1.23 bits per heavy atom. The van der Waals surface area contributed by atoms with Gasteiger partial charge in [0.1, 0.15) is 17.2 Å². The van der Waals surface area contributed by atoms with Crippen molar-refractivity contribution in [3.8, 4) is 11.5 Å². The van der Waals surface area contributed by atoms with Crippen molar-refractivity contribution in [2.75, 3.05) is 60.7 Å². The highest BCUT2D eigenvalue weighted by Crippen LogP contribution is 2.28. The summed E-state index contributed by atoms with van der Waals surface area (Å²) >= 11 is 0. The molecule has 0 bridgehead atoms. The van der Waals surface area contributed by atoms with Gasteiger partial charge in [0.2, 0.25) is 0 Å². The molecule has 0 spiro atoms. The largest absolute Gasteiger partial charge is 0.497 e. The maximum absolute atomic E-state index is 12.8. The van der Waals surface area contributed by atoms with Gasteiger partial charge in [-0.25, -0.2) is 4.31 Å². The van der Waals surface area contributed by atoms with Crippen LogP contribution in [0.1, 0.15) is 5.56 Å². The fourth-order valence-corrected chi connectivity index (χ4v) is 4.06. The molecular formula is C19H26N4O6S. The van der Waals surface area contributed by atoms with E-state index in [1.54, 1.807) is 18.2 Å². The van der Waals surface area contributed by atoms with Crippen molar-refractivity contribution in [3.05, 3.63) is 35.5 Å². The average Bonchev–Trinajstić information content (AvgIpc) is 2.75. The Balaban J connectivity index is 1.82. The number of allylic oxidation sites excluding steroid dienone is 1. The molecule has 164 valence electrons. The van der Waals surface area contributed by atoms with E-state index in [-0.39, 0.29) is 11.4 Å². The van der Waals surface area contributed by atoms with E-state index < -0.39 is 16.1 Å². The van der Waals surface area contributed by atoms with Gasteiger partial charge in [-0.1, -0.05) is 0 Å². The smallest absolute Gasteiger partial charge is 0.345 e. The van der Waals surface area contributed by atoms with Crippen LogP contribution in [0.3, 0.4) is 0 Å². The number of rotatable bonds is 7. The van der Waals surface area contributed by atoms with Gasteiger partial charge < -0.3 is 19.5 Å². The van der Waals surface area contributed by atoms with Gasteiger partial charge in [-0.2, -0.15) is 8.42 Å². The maximum atomic E-state index is 12.8. The molecule has 0 atom stereocenters. The zero-order chi connectivity index (χ0) is 21.7. The second-order valence-corrected chi connectivity index (χ2v) is 8.35. The third-order valence-electron chi connectivity index (χ3n) is 4.91. The molecule has 1 N–H and O–H groups in total. The Kier molecular flexibility index (Phi) is 6.95. The van der Waals surface area contributed by atoms with Gasteiger partial charge in [0.25, 0.3) is 5.91 Å². The summed E-state index contributed by atoms with van der Waals surface area (Å²) in [6, 6.07) is 4.95. The normalized spacial score (nSPS) is 19.0. The number of hydrogen-bond donors (Lipinski definition) is 1.